The van der Waals surface area contributed by atoms with Gasteiger partial charge in [-0.3, -0.25) is 0 Å². The third-order valence-corrected chi connectivity index (χ3v) is 1.50. The average molecular weight is 178 g/mol. The highest BCUT2D eigenvalue weighted by Crippen LogP contribution is 2.12. The van der Waals surface area contributed by atoms with Crippen LogP contribution in [0.1, 0.15) is 5.56 Å². The first-order valence-corrected chi connectivity index (χ1v) is 3.55. The van der Waals surface area contributed by atoms with Gasteiger partial charge >= 0.3 is 0 Å². The summed E-state index contributed by atoms with van der Waals surface area (Å²) in [4.78, 5) is 12.7. The first-order chi connectivity index (χ1) is 5.84. The molecule has 2 nitrogen and oxygen atoms in total. The summed E-state index contributed by atoms with van der Waals surface area (Å²) in [6.45, 7) is 0. The van der Waals surface area contributed by atoms with E-state index in [0.717, 1.165) is 0 Å². The average Bonchev–Trinajstić information content (AvgIpc) is 2.09. The standard InChI is InChI=1S/C9H4ClNO/c10-9-4-2-1-3-8(9)5-6-11-7-12/h1-4H. The van der Waals surface area contributed by atoms with Gasteiger partial charge in [-0.15, -0.1) is 4.99 Å². The van der Waals surface area contributed by atoms with E-state index in [9.17, 15) is 4.79 Å². The molecular weight excluding hydrogens is 174 g/mol. The van der Waals surface area contributed by atoms with Crippen molar-refractivity contribution in [1.82, 2.24) is 0 Å². The molecule has 0 bridgehead atoms. The van der Waals surface area contributed by atoms with Gasteiger partial charge in [0.2, 0.25) is 6.08 Å². The Morgan fingerprint density at radius 2 is 2.08 bits per heavy atom. The van der Waals surface area contributed by atoms with Crippen molar-refractivity contribution in [2.75, 3.05) is 0 Å². The van der Waals surface area contributed by atoms with Crippen molar-refractivity contribution in [3.8, 4) is 12.0 Å². The maximum atomic E-state index is 9.65. The molecule has 58 valence electrons. The van der Waals surface area contributed by atoms with Crippen LogP contribution in [0.15, 0.2) is 29.3 Å². The van der Waals surface area contributed by atoms with Crippen molar-refractivity contribution in [2.24, 2.45) is 4.99 Å². The van der Waals surface area contributed by atoms with Crippen molar-refractivity contribution in [1.29, 1.82) is 0 Å². The topological polar surface area (TPSA) is 29.4 Å². The fraction of sp³-hybridized carbons (Fsp3) is 0. The van der Waals surface area contributed by atoms with E-state index in [0.29, 0.717) is 10.6 Å². The molecule has 0 spiro atoms. The van der Waals surface area contributed by atoms with Crippen LogP contribution in [0, 0.1) is 12.0 Å². The molecule has 0 aliphatic carbocycles. The van der Waals surface area contributed by atoms with Gasteiger partial charge in [0.1, 0.15) is 0 Å². The number of isocyanates is 1. The number of aliphatic imine (C=N–C) groups is 1. The molecule has 1 rings (SSSR count). The summed E-state index contributed by atoms with van der Waals surface area (Å²) in [5.74, 6) is 2.60. The fourth-order valence-electron chi connectivity index (χ4n) is 0.674. The number of halogens is 1. The molecule has 0 saturated heterocycles. The van der Waals surface area contributed by atoms with Crippen molar-refractivity contribution >= 4 is 17.7 Å². The molecule has 12 heavy (non-hydrogen) atoms. The van der Waals surface area contributed by atoms with Crippen LogP contribution in [0.4, 0.5) is 0 Å². The molecule has 0 aromatic heterocycles. The first kappa shape index (κ1) is 8.55. The number of nitrogens with zero attached hydrogens (tertiary/aromatic N) is 1. The van der Waals surface area contributed by atoms with Gasteiger partial charge in [-0.25, -0.2) is 4.79 Å². The van der Waals surface area contributed by atoms with Gasteiger partial charge in [-0.1, -0.05) is 23.7 Å². The maximum absolute atomic E-state index is 9.65. The highest BCUT2D eigenvalue weighted by molar-refractivity contribution is 6.31. The Balaban J connectivity index is 2.99. The molecule has 0 aliphatic rings. The first-order valence-electron chi connectivity index (χ1n) is 3.17. The second kappa shape index (κ2) is 4.35. The molecule has 1 aromatic rings. The molecule has 0 unspecified atom stereocenters. The summed E-state index contributed by atoms with van der Waals surface area (Å²) >= 11 is 5.76. The smallest absolute Gasteiger partial charge is 0.210 e. The summed E-state index contributed by atoms with van der Waals surface area (Å²) in [5, 5.41) is 0.547. The zero-order valence-corrected chi connectivity index (χ0v) is 6.80. The molecule has 0 atom stereocenters. The number of carbonyl (C=O) groups excluding carboxylic acids is 1. The molecule has 0 N–H and O–H groups in total. The van der Waals surface area contributed by atoms with Gasteiger partial charge in [0, 0.05) is 5.56 Å². The highest BCUT2D eigenvalue weighted by atomic mass is 35.5. The SMILES string of the molecule is O=C=NC#Cc1ccccc1Cl. The predicted molar refractivity (Wildman–Crippen MR) is 46.5 cm³/mol. The normalized spacial score (nSPS) is 7.75. The third-order valence-electron chi connectivity index (χ3n) is 1.17. The van der Waals surface area contributed by atoms with E-state index in [1.54, 1.807) is 24.3 Å². The van der Waals surface area contributed by atoms with E-state index in [1.165, 1.54) is 6.08 Å². The van der Waals surface area contributed by atoms with Crippen LogP contribution in [0.25, 0.3) is 0 Å². The minimum Gasteiger partial charge on any atom is -0.210 e. The summed E-state index contributed by atoms with van der Waals surface area (Å²) < 4.78 is 0. The molecule has 3 heteroatoms. The predicted octanol–water partition coefficient (Wildman–Crippen LogP) is 1.98. The van der Waals surface area contributed by atoms with Crippen LogP contribution >= 0.6 is 11.6 Å². The molecule has 0 heterocycles. The van der Waals surface area contributed by atoms with Gasteiger partial charge in [0.25, 0.3) is 0 Å². The summed E-state index contributed by atoms with van der Waals surface area (Å²) in [6.07, 6.45) is 1.32. The van der Waals surface area contributed by atoms with Crippen molar-refractivity contribution < 1.29 is 4.79 Å². The lowest BCUT2D eigenvalue weighted by Crippen LogP contribution is -1.73. The van der Waals surface area contributed by atoms with E-state index in [-0.39, 0.29) is 0 Å². The van der Waals surface area contributed by atoms with Crippen LogP contribution in [0.5, 0.6) is 0 Å². The lowest BCUT2D eigenvalue weighted by atomic mass is 10.2. The van der Waals surface area contributed by atoms with Gasteiger partial charge in [-0.05, 0) is 18.1 Å². The molecule has 0 saturated carbocycles. The van der Waals surface area contributed by atoms with Gasteiger partial charge in [0.05, 0.1) is 11.1 Å². The summed E-state index contributed by atoms with van der Waals surface area (Å²) in [6, 6.07) is 9.33. The summed E-state index contributed by atoms with van der Waals surface area (Å²) in [5.41, 5.74) is 0.651. The summed E-state index contributed by atoms with van der Waals surface area (Å²) in [7, 11) is 0. The Kier molecular flexibility index (Phi) is 3.10. The zero-order chi connectivity index (χ0) is 8.81. The Hall–Kier alpha value is -1.55. The Morgan fingerprint density at radius 1 is 1.33 bits per heavy atom. The molecule has 0 aliphatic heterocycles. The highest BCUT2D eigenvalue weighted by Gasteiger charge is 1.91. The van der Waals surface area contributed by atoms with E-state index in [1.807, 2.05) is 0 Å². The monoisotopic (exact) mass is 177 g/mol. The molecule has 0 radical (unpaired) electrons. The number of hydrogen-bond donors (Lipinski definition) is 0. The van der Waals surface area contributed by atoms with Gasteiger partial charge in [-0.2, -0.15) is 0 Å². The second-order valence-electron chi connectivity index (χ2n) is 1.92. The van der Waals surface area contributed by atoms with Crippen LogP contribution < -0.4 is 0 Å². The van der Waals surface area contributed by atoms with E-state index in [2.05, 4.69) is 17.0 Å². The lowest BCUT2D eigenvalue weighted by molar-refractivity contribution is 0.565. The van der Waals surface area contributed by atoms with E-state index >= 15 is 0 Å². The number of hydrogen-bond acceptors (Lipinski definition) is 2. The van der Waals surface area contributed by atoms with Crippen LogP contribution in [0.2, 0.25) is 5.02 Å². The van der Waals surface area contributed by atoms with E-state index in [4.69, 9.17) is 11.6 Å². The largest absolute Gasteiger partial charge is 0.249 e. The maximum Gasteiger partial charge on any atom is 0.249 e. The van der Waals surface area contributed by atoms with Crippen LogP contribution in [0.3, 0.4) is 0 Å². The molecule has 1 aromatic carbocycles. The third kappa shape index (κ3) is 2.25. The number of rotatable bonds is 0. The van der Waals surface area contributed by atoms with E-state index < -0.39 is 0 Å². The Bertz CT molecular complexity index is 383. The lowest BCUT2D eigenvalue weighted by Gasteiger charge is -1.90. The second-order valence-corrected chi connectivity index (χ2v) is 2.33. The number of benzene rings is 1. The fourth-order valence-corrected chi connectivity index (χ4v) is 0.857. The Labute approximate surface area is 74.9 Å². The molecule has 0 fully saturated rings. The Morgan fingerprint density at radius 3 is 2.75 bits per heavy atom. The molecule has 0 amide bonds. The van der Waals surface area contributed by atoms with Gasteiger partial charge < -0.3 is 0 Å². The quantitative estimate of drug-likeness (QED) is 0.339. The van der Waals surface area contributed by atoms with Crippen LogP contribution in [-0.4, -0.2) is 6.08 Å². The van der Waals surface area contributed by atoms with Crippen molar-refractivity contribution in [3.63, 3.8) is 0 Å². The van der Waals surface area contributed by atoms with Crippen molar-refractivity contribution in [3.05, 3.63) is 34.9 Å². The van der Waals surface area contributed by atoms with Gasteiger partial charge in [0.15, 0.2) is 0 Å². The van der Waals surface area contributed by atoms with Crippen LogP contribution in [-0.2, 0) is 4.79 Å². The van der Waals surface area contributed by atoms with Crippen molar-refractivity contribution in [2.45, 2.75) is 0 Å². The minimum absolute atomic E-state index is 0.547. The molecular formula is C9H4ClNO. The minimum atomic E-state index is 0.547. The zero-order valence-electron chi connectivity index (χ0n) is 6.04.